The summed E-state index contributed by atoms with van der Waals surface area (Å²) < 4.78 is 20.6. The maximum absolute atomic E-state index is 14.2. The number of rotatable bonds is 4. The number of methoxy groups -OCH3 is 1. The lowest BCUT2D eigenvalue weighted by atomic mass is 10.2. The number of hydrogen-bond donors (Lipinski definition) is 1. The molecule has 0 radical (unpaired) electrons. The van der Waals surface area contributed by atoms with E-state index in [4.69, 9.17) is 4.74 Å². The molecular weight excluding hydrogens is 299 g/mol. The zero-order chi connectivity index (χ0) is 16.2. The van der Waals surface area contributed by atoms with E-state index in [-0.39, 0.29) is 11.3 Å². The Morgan fingerprint density at radius 1 is 1.17 bits per heavy atom. The second-order valence-corrected chi connectivity index (χ2v) is 4.61. The summed E-state index contributed by atoms with van der Waals surface area (Å²) in [5.74, 6) is -0.858. The first-order valence-electron chi connectivity index (χ1n) is 6.79. The molecule has 3 aromatic rings. The largest absolute Gasteiger partial charge is 0.494 e. The first-order valence-corrected chi connectivity index (χ1v) is 6.79. The van der Waals surface area contributed by atoms with Crippen LogP contribution in [0.15, 0.2) is 55.0 Å². The lowest BCUT2D eigenvalue weighted by molar-refractivity contribution is 0.102. The van der Waals surface area contributed by atoms with Crippen LogP contribution in [0.4, 0.5) is 10.2 Å². The normalized spacial score (nSPS) is 10.3. The Hall–Kier alpha value is -3.22. The zero-order valence-electron chi connectivity index (χ0n) is 12.2. The van der Waals surface area contributed by atoms with Gasteiger partial charge in [-0.05, 0) is 24.3 Å². The average Bonchev–Trinajstić information content (AvgIpc) is 3.04. The summed E-state index contributed by atoms with van der Waals surface area (Å²) in [7, 11) is 1.35. The van der Waals surface area contributed by atoms with E-state index in [2.05, 4.69) is 15.4 Å². The summed E-state index contributed by atoms with van der Waals surface area (Å²) in [5.41, 5.74) is 0.623. The topological polar surface area (TPSA) is 69.0 Å². The number of ether oxygens (including phenoxy) is 1. The minimum atomic E-state index is -0.706. The number of carbonyl (C=O) groups is 1. The number of hydrogen-bond acceptors (Lipinski definition) is 4. The second-order valence-electron chi connectivity index (χ2n) is 4.61. The Kier molecular flexibility index (Phi) is 4.01. The molecule has 0 aliphatic carbocycles. The first-order chi connectivity index (χ1) is 11.2. The quantitative estimate of drug-likeness (QED) is 0.804. The van der Waals surface area contributed by atoms with Gasteiger partial charge in [-0.1, -0.05) is 6.07 Å². The molecule has 0 bridgehead atoms. The minimum absolute atomic E-state index is 0.0142. The monoisotopic (exact) mass is 312 g/mol. The summed E-state index contributed by atoms with van der Waals surface area (Å²) >= 11 is 0. The van der Waals surface area contributed by atoms with Crippen LogP contribution in [0.5, 0.6) is 5.75 Å². The van der Waals surface area contributed by atoms with Crippen LogP contribution < -0.4 is 10.1 Å². The van der Waals surface area contributed by atoms with E-state index < -0.39 is 11.7 Å². The number of anilines is 1. The smallest absolute Gasteiger partial charge is 0.259 e. The molecule has 0 aliphatic heterocycles. The highest BCUT2D eigenvalue weighted by atomic mass is 19.1. The van der Waals surface area contributed by atoms with Crippen molar-refractivity contribution in [3.8, 4) is 11.4 Å². The number of halogens is 1. The van der Waals surface area contributed by atoms with Crippen molar-refractivity contribution >= 4 is 11.7 Å². The molecule has 0 unspecified atom stereocenters. The molecule has 0 spiro atoms. The van der Waals surface area contributed by atoms with Crippen molar-refractivity contribution in [3.63, 3.8) is 0 Å². The molecule has 1 N–H and O–H groups in total. The van der Waals surface area contributed by atoms with Gasteiger partial charge in [0.1, 0.15) is 5.82 Å². The van der Waals surface area contributed by atoms with Gasteiger partial charge in [-0.3, -0.25) is 9.78 Å². The van der Waals surface area contributed by atoms with Crippen molar-refractivity contribution in [2.75, 3.05) is 12.4 Å². The van der Waals surface area contributed by atoms with Crippen molar-refractivity contribution in [1.82, 2.24) is 14.8 Å². The zero-order valence-corrected chi connectivity index (χ0v) is 12.2. The van der Waals surface area contributed by atoms with Gasteiger partial charge < -0.3 is 10.1 Å². The molecule has 1 amide bonds. The summed E-state index contributed by atoms with van der Waals surface area (Å²) in [5, 5.41) is 6.79. The maximum Gasteiger partial charge on any atom is 0.259 e. The van der Waals surface area contributed by atoms with Gasteiger partial charge in [-0.2, -0.15) is 5.10 Å². The van der Waals surface area contributed by atoms with Gasteiger partial charge in [0.25, 0.3) is 5.91 Å². The van der Waals surface area contributed by atoms with E-state index in [0.717, 1.165) is 5.69 Å². The van der Waals surface area contributed by atoms with Gasteiger partial charge in [0.15, 0.2) is 11.6 Å². The summed E-state index contributed by atoms with van der Waals surface area (Å²) in [6.07, 6.45) is 4.77. The fourth-order valence-corrected chi connectivity index (χ4v) is 2.12. The SMILES string of the molecule is COc1cccc(C(=O)Nc2ccnn2-c2ccncc2)c1F. The van der Waals surface area contributed by atoms with Crippen LogP contribution in [0, 0.1) is 5.82 Å². The van der Waals surface area contributed by atoms with Crippen molar-refractivity contribution < 1.29 is 13.9 Å². The van der Waals surface area contributed by atoms with Gasteiger partial charge in [-0.25, -0.2) is 9.07 Å². The lowest BCUT2D eigenvalue weighted by Crippen LogP contribution is -2.17. The molecule has 116 valence electrons. The summed E-state index contributed by atoms with van der Waals surface area (Å²) in [6.45, 7) is 0. The number of aromatic nitrogens is 3. The molecule has 3 rings (SSSR count). The van der Waals surface area contributed by atoms with Gasteiger partial charge in [0, 0.05) is 18.5 Å². The predicted octanol–water partition coefficient (Wildman–Crippen LogP) is 2.67. The maximum atomic E-state index is 14.2. The van der Waals surface area contributed by atoms with Gasteiger partial charge in [0.05, 0.1) is 24.6 Å². The molecular formula is C16H13FN4O2. The number of amides is 1. The van der Waals surface area contributed by atoms with Crippen LogP contribution in [-0.2, 0) is 0 Å². The van der Waals surface area contributed by atoms with Crippen LogP contribution in [-0.4, -0.2) is 27.8 Å². The van der Waals surface area contributed by atoms with E-state index in [1.165, 1.54) is 30.1 Å². The van der Waals surface area contributed by atoms with Crippen LogP contribution in [0.3, 0.4) is 0 Å². The Morgan fingerprint density at radius 2 is 1.96 bits per heavy atom. The third-order valence-electron chi connectivity index (χ3n) is 3.22. The van der Waals surface area contributed by atoms with Crippen molar-refractivity contribution in [1.29, 1.82) is 0 Å². The van der Waals surface area contributed by atoms with Crippen molar-refractivity contribution in [3.05, 3.63) is 66.4 Å². The highest BCUT2D eigenvalue weighted by molar-refractivity contribution is 6.04. The molecule has 23 heavy (non-hydrogen) atoms. The van der Waals surface area contributed by atoms with Gasteiger partial charge in [-0.15, -0.1) is 0 Å². The molecule has 0 aliphatic rings. The minimum Gasteiger partial charge on any atom is -0.494 e. The highest BCUT2D eigenvalue weighted by Crippen LogP contribution is 2.21. The Labute approximate surface area is 131 Å². The highest BCUT2D eigenvalue weighted by Gasteiger charge is 2.17. The van der Waals surface area contributed by atoms with Crippen LogP contribution in [0.1, 0.15) is 10.4 Å². The fraction of sp³-hybridized carbons (Fsp3) is 0.0625. The molecule has 2 heterocycles. The Balaban J connectivity index is 1.89. The number of carbonyl (C=O) groups excluding carboxylic acids is 1. The molecule has 7 heteroatoms. The van der Waals surface area contributed by atoms with Crippen LogP contribution >= 0.6 is 0 Å². The predicted molar refractivity (Wildman–Crippen MR) is 82.3 cm³/mol. The fourth-order valence-electron chi connectivity index (χ4n) is 2.12. The molecule has 6 nitrogen and oxygen atoms in total. The lowest BCUT2D eigenvalue weighted by Gasteiger charge is -2.10. The molecule has 0 saturated heterocycles. The molecule has 0 saturated carbocycles. The average molecular weight is 312 g/mol. The van der Waals surface area contributed by atoms with E-state index in [0.29, 0.717) is 5.82 Å². The summed E-state index contributed by atoms with van der Waals surface area (Å²) in [4.78, 5) is 16.3. The van der Waals surface area contributed by atoms with E-state index in [1.54, 1.807) is 36.7 Å². The van der Waals surface area contributed by atoms with Crippen LogP contribution in [0.2, 0.25) is 0 Å². The Morgan fingerprint density at radius 3 is 2.70 bits per heavy atom. The number of benzene rings is 1. The van der Waals surface area contributed by atoms with Gasteiger partial charge in [0.2, 0.25) is 0 Å². The molecule has 0 atom stereocenters. The Bertz CT molecular complexity index is 833. The second kappa shape index (κ2) is 6.27. The molecule has 0 fully saturated rings. The third kappa shape index (κ3) is 2.89. The number of nitrogens with one attached hydrogen (secondary N) is 1. The number of pyridine rings is 1. The van der Waals surface area contributed by atoms with Gasteiger partial charge >= 0.3 is 0 Å². The first kappa shape index (κ1) is 14.7. The number of nitrogens with zero attached hydrogens (tertiary/aromatic N) is 3. The summed E-state index contributed by atoms with van der Waals surface area (Å²) in [6, 6.07) is 9.50. The molecule has 1 aromatic carbocycles. The van der Waals surface area contributed by atoms with E-state index >= 15 is 0 Å². The standard InChI is InChI=1S/C16H13FN4O2/c1-23-13-4-2-3-12(15(13)17)16(22)20-14-7-10-19-21(14)11-5-8-18-9-6-11/h2-10H,1H3,(H,20,22). The van der Waals surface area contributed by atoms with Crippen molar-refractivity contribution in [2.45, 2.75) is 0 Å². The van der Waals surface area contributed by atoms with E-state index in [1.807, 2.05) is 0 Å². The third-order valence-corrected chi connectivity index (χ3v) is 3.22. The molecule has 2 aromatic heterocycles. The van der Waals surface area contributed by atoms with Crippen LogP contribution in [0.25, 0.3) is 5.69 Å². The van der Waals surface area contributed by atoms with Crippen molar-refractivity contribution in [2.24, 2.45) is 0 Å². The van der Waals surface area contributed by atoms with E-state index in [9.17, 15) is 9.18 Å².